The number of aromatic nitrogens is 3. The van der Waals surface area contributed by atoms with Crippen LogP contribution in [-0.2, 0) is 22.5 Å². The lowest BCUT2D eigenvalue weighted by molar-refractivity contribution is -0.146. The van der Waals surface area contributed by atoms with E-state index in [4.69, 9.17) is 14.2 Å². The predicted octanol–water partition coefficient (Wildman–Crippen LogP) is 1.70. The minimum absolute atomic E-state index is 0.151. The molecular formula is C16H19N3O4. The van der Waals surface area contributed by atoms with E-state index in [1.54, 1.807) is 14.2 Å². The average Bonchev–Trinajstić information content (AvgIpc) is 3.03. The van der Waals surface area contributed by atoms with Crippen molar-refractivity contribution in [3.05, 3.63) is 24.0 Å². The third kappa shape index (κ3) is 2.74. The Morgan fingerprint density at radius 2 is 2.04 bits per heavy atom. The molecule has 1 aromatic heterocycles. The van der Waals surface area contributed by atoms with E-state index in [2.05, 4.69) is 10.2 Å². The summed E-state index contributed by atoms with van der Waals surface area (Å²) < 4.78 is 17.5. The number of rotatable bonds is 4. The number of benzene rings is 1. The molecule has 0 saturated carbocycles. The Balaban J connectivity index is 1.95. The number of nitrogens with zero attached hydrogens (tertiary/aromatic N) is 3. The van der Waals surface area contributed by atoms with Crippen LogP contribution < -0.4 is 9.47 Å². The zero-order valence-corrected chi connectivity index (χ0v) is 13.4. The summed E-state index contributed by atoms with van der Waals surface area (Å²) in [5, 5.41) is 8.53. The number of fused-ring (bicyclic) bond motifs is 1. The van der Waals surface area contributed by atoms with Crippen molar-refractivity contribution in [2.75, 3.05) is 21.3 Å². The Kier molecular flexibility index (Phi) is 4.18. The van der Waals surface area contributed by atoms with Crippen LogP contribution in [0.15, 0.2) is 18.2 Å². The van der Waals surface area contributed by atoms with Crippen molar-refractivity contribution in [1.82, 2.24) is 14.8 Å². The Morgan fingerprint density at radius 3 is 2.74 bits per heavy atom. The second-order valence-corrected chi connectivity index (χ2v) is 5.37. The molecule has 7 nitrogen and oxygen atoms in total. The number of ether oxygens (including phenoxy) is 3. The van der Waals surface area contributed by atoms with Gasteiger partial charge in [-0.3, -0.25) is 4.79 Å². The van der Waals surface area contributed by atoms with E-state index in [9.17, 15) is 4.79 Å². The summed E-state index contributed by atoms with van der Waals surface area (Å²) in [7, 11) is 4.63. The third-order valence-electron chi connectivity index (χ3n) is 4.14. The molecule has 1 aromatic carbocycles. The van der Waals surface area contributed by atoms with E-state index in [0.29, 0.717) is 25.1 Å². The van der Waals surface area contributed by atoms with Gasteiger partial charge in [0, 0.05) is 19.0 Å². The van der Waals surface area contributed by atoms with Crippen LogP contribution in [0, 0.1) is 5.92 Å². The van der Waals surface area contributed by atoms with Crippen molar-refractivity contribution in [2.24, 2.45) is 5.92 Å². The summed E-state index contributed by atoms with van der Waals surface area (Å²) in [6.45, 7) is 0.673. The molecular weight excluding hydrogens is 298 g/mol. The zero-order valence-electron chi connectivity index (χ0n) is 13.4. The molecule has 3 rings (SSSR count). The molecule has 0 amide bonds. The minimum atomic E-state index is -0.192. The second-order valence-electron chi connectivity index (χ2n) is 5.37. The standard InChI is InChI=1S/C16H19N3O4/c1-21-11-4-5-12(13(9-11)22-2)15-18-17-14-8-10(16(20)23-3)6-7-19(14)15/h4-5,9-10H,6-8H2,1-3H3. The predicted molar refractivity (Wildman–Crippen MR) is 82.4 cm³/mol. The van der Waals surface area contributed by atoms with Crippen LogP contribution in [0.25, 0.3) is 11.4 Å². The van der Waals surface area contributed by atoms with Gasteiger partial charge in [0.1, 0.15) is 17.3 Å². The van der Waals surface area contributed by atoms with E-state index < -0.39 is 0 Å². The lowest BCUT2D eigenvalue weighted by Gasteiger charge is -2.22. The van der Waals surface area contributed by atoms with Crippen LogP contribution in [0.1, 0.15) is 12.2 Å². The quantitative estimate of drug-likeness (QED) is 0.799. The third-order valence-corrected chi connectivity index (χ3v) is 4.14. The molecule has 2 heterocycles. The van der Waals surface area contributed by atoms with Crippen molar-refractivity contribution >= 4 is 5.97 Å². The zero-order chi connectivity index (χ0) is 16.4. The van der Waals surface area contributed by atoms with E-state index in [1.165, 1.54) is 7.11 Å². The molecule has 0 radical (unpaired) electrons. The maximum Gasteiger partial charge on any atom is 0.309 e. The average molecular weight is 317 g/mol. The largest absolute Gasteiger partial charge is 0.497 e. The molecule has 0 saturated heterocycles. The highest BCUT2D eigenvalue weighted by Gasteiger charge is 2.29. The molecule has 2 aromatic rings. The first-order valence-electron chi connectivity index (χ1n) is 7.40. The van der Waals surface area contributed by atoms with Gasteiger partial charge >= 0.3 is 5.97 Å². The molecule has 7 heteroatoms. The second kappa shape index (κ2) is 6.28. The SMILES string of the molecule is COC(=O)C1CCn2c(nnc2-c2ccc(OC)cc2OC)C1. The highest BCUT2D eigenvalue weighted by Crippen LogP contribution is 2.34. The lowest BCUT2D eigenvalue weighted by atomic mass is 9.98. The van der Waals surface area contributed by atoms with Gasteiger partial charge in [-0.2, -0.15) is 0 Å². The summed E-state index contributed by atoms with van der Waals surface area (Å²) >= 11 is 0. The first-order chi connectivity index (χ1) is 11.2. The number of methoxy groups -OCH3 is 3. The van der Waals surface area contributed by atoms with Crippen molar-refractivity contribution in [2.45, 2.75) is 19.4 Å². The van der Waals surface area contributed by atoms with Gasteiger partial charge in [0.2, 0.25) is 0 Å². The van der Waals surface area contributed by atoms with E-state index >= 15 is 0 Å². The normalized spacial score (nSPS) is 16.6. The van der Waals surface area contributed by atoms with Gasteiger partial charge < -0.3 is 18.8 Å². The topological polar surface area (TPSA) is 75.5 Å². The molecule has 1 unspecified atom stereocenters. The number of carbonyl (C=O) groups is 1. The lowest BCUT2D eigenvalue weighted by Crippen LogP contribution is -2.27. The fraction of sp³-hybridized carbons (Fsp3) is 0.438. The maximum absolute atomic E-state index is 11.7. The van der Waals surface area contributed by atoms with Crippen molar-refractivity contribution in [3.63, 3.8) is 0 Å². The molecule has 23 heavy (non-hydrogen) atoms. The molecule has 0 fully saturated rings. The number of hydrogen-bond donors (Lipinski definition) is 0. The summed E-state index contributed by atoms with van der Waals surface area (Å²) in [5.74, 6) is 2.58. The molecule has 0 spiro atoms. The van der Waals surface area contributed by atoms with E-state index in [0.717, 1.165) is 23.0 Å². The van der Waals surface area contributed by atoms with Crippen molar-refractivity contribution < 1.29 is 19.0 Å². The molecule has 0 N–H and O–H groups in total. The number of hydrogen-bond acceptors (Lipinski definition) is 6. The van der Waals surface area contributed by atoms with Crippen LogP contribution in [0.3, 0.4) is 0 Å². The fourth-order valence-electron chi connectivity index (χ4n) is 2.88. The fourth-order valence-corrected chi connectivity index (χ4v) is 2.88. The van der Waals surface area contributed by atoms with Gasteiger partial charge in [0.05, 0.1) is 32.8 Å². The van der Waals surface area contributed by atoms with Gasteiger partial charge in [-0.15, -0.1) is 10.2 Å². The molecule has 0 aliphatic carbocycles. The number of carbonyl (C=O) groups excluding carboxylic acids is 1. The van der Waals surface area contributed by atoms with Crippen molar-refractivity contribution in [3.8, 4) is 22.9 Å². The molecule has 1 aliphatic rings. The van der Waals surface area contributed by atoms with Gasteiger partial charge in [-0.25, -0.2) is 0 Å². The van der Waals surface area contributed by atoms with Gasteiger partial charge in [0.25, 0.3) is 0 Å². The highest BCUT2D eigenvalue weighted by atomic mass is 16.5. The van der Waals surface area contributed by atoms with E-state index in [-0.39, 0.29) is 11.9 Å². The summed E-state index contributed by atoms with van der Waals surface area (Å²) in [4.78, 5) is 11.7. The number of esters is 1. The van der Waals surface area contributed by atoms with Gasteiger partial charge in [0.15, 0.2) is 5.82 Å². The van der Waals surface area contributed by atoms with Crippen LogP contribution in [0.2, 0.25) is 0 Å². The maximum atomic E-state index is 11.7. The Morgan fingerprint density at radius 1 is 1.22 bits per heavy atom. The molecule has 1 atom stereocenters. The Hall–Kier alpha value is -2.57. The monoisotopic (exact) mass is 317 g/mol. The van der Waals surface area contributed by atoms with Crippen LogP contribution in [0.4, 0.5) is 0 Å². The molecule has 122 valence electrons. The van der Waals surface area contributed by atoms with E-state index in [1.807, 2.05) is 22.8 Å². The van der Waals surface area contributed by atoms with Gasteiger partial charge in [-0.1, -0.05) is 0 Å². The summed E-state index contributed by atoms with van der Waals surface area (Å²) in [6.07, 6.45) is 1.25. The minimum Gasteiger partial charge on any atom is -0.497 e. The van der Waals surface area contributed by atoms with Crippen LogP contribution in [0.5, 0.6) is 11.5 Å². The first-order valence-corrected chi connectivity index (χ1v) is 7.40. The Labute approximate surface area is 134 Å². The Bertz CT molecular complexity index is 726. The van der Waals surface area contributed by atoms with Crippen LogP contribution >= 0.6 is 0 Å². The van der Waals surface area contributed by atoms with Crippen molar-refractivity contribution in [1.29, 1.82) is 0 Å². The summed E-state index contributed by atoms with van der Waals surface area (Å²) in [6, 6.07) is 5.58. The summed E-state index contributed by atoms with van der Waals surface area (Å²) in [5.41, 5.74) is 0.851. The molecule has 0 bridgehead atoms. The van der Waals surface area contributed by atoms with Crippen LogP contribution in [-0.4, -0.2) is 42.1 Å². The highest BCUT2D eigenvalue weighted by molar-refractivity contribution is 5.73. The first kappa shape index (κ1) is 15.3. The smallest absolute Gasteiger partial charge is 0.309 e. The van der Waals surface area contributed by atoms with Gasteiger partial charge in [-0.05, 0) is 18.6 Å². The molecule has 1 aliphatic heterocycles.